The molecule has 1 fully saturated rings. The summed E-state index contributed by atoms with van der Waals surface area (Å²) < 4.78 is 19.0. The molecule has 19 heavy (non-hydrogen) atoms. The summed E-state index contributed by atoms with van der Waals surface area (Å²) in [7, 11) is 1.54. The second-order valence-corrected chi connectivity index (χ2v) is 6.38. The third kappa shape index (κ3) is 3.47. The van der Waals surface area contributed by atoms with Crippen molar-refractivity contribution in [3.8, 4) is 5.75 Å². The molecule has 0 saturated heterocycles. The van der Waals surface area contributed by atoms with Crippen LogP contribution in [0.1, 0.15) is 26.2 Å². The lowest BCUT2D eigenvalue weighted by atomic mass is 10.2. The zero-order valence-electron chi connectivity index (χ0n) is 11.4. The minimum Gasteiger partial charge on any atom is -0.495 e. The molecular weight excluding hydrogens is 263 g/mol. The van der Waals surface area contributed by atoms with Gasteiger partial charge in [-0.25, -0.2) is 4.39 Å². The number of anilines is 2. The molecule has 0 aromatic heterocycles. The molecule has 2 rings (SSSR count). The van der Waals surface area contributed by atoms with E-state index in [1.165, 1.54) is 19.6 Å². The molecule has 3 N–H and O–H groups in total. The SMILES string of the molecule is CCSC1CCC(Nc2cc(OC)c(N)cc2F)C1. The summed E-state index contributed by atoms with van der Waals surface area (Å²) in [4.78, 5) is 0. The molecule has 0 spiro atoms. The Hall–Kier alpha value is -1.10. The van der Waals surface area contributed by atoms with Gasteiger partial charge in [-0.15, -0.1) is 0 Å². The Morgan fingerprint density at radius 2 is 2.26 bits per heavy atom. The van der Waals surface area contributed by atoms with Crippen LogP contribution in [0.4, 0.5) is 15.8 Å². The first-order valence-electron chi connectivity index (χ1n) is 6.65. The summed E-state index contributed by atoms with van der Waals surface area (Å²) in [6.07, 6.45) is 3.37. The maximum Gasteiger partial charge on any atom is 0.148 e. The second kappa shape index (κ2) is 6.37. The highest BCUT2D eigenvalue weighted by atomic mass is 32.2. The zero-order chi connectivity index (χ0) is 13.8. The fraction of sp³-hybridized carbons (Fsp3) is 0.571. The van der Waals surface area contributed by atoms with Crippen LogP contribution < -0.4 is 15.8 Å². The first kappa shape index (κ1) is 14.3. The van der Waals surface area contributed by atoms with E-state index in [4.69, 9.17) is 10.5 Å². The monoisotopic (exact) mass is 284 g/mol. The van der Waals surface area contributed by atoms with Gasteiger partial charge in [0.1, 0.15) is 11.6 Å². The normalized spacial score (nSPS) is 22.5. The van der Waals surface area contributed by atoms with E-state index in [9.17, 15) is 4.39 Å². The van der Waals surface area contributed by atoms with E-state index in [1.807, 2.05) is 11.8 Å². The van der Waals surface area contributed by atoms with Gasteiger partial charge in [-0.3, -0.25) is 0 Å². The molecule has 5 heteroatoms. The molecule has 1 aliphatic rings. The predicted octanol–water partition coefficient (Wildman–Crippen LogP) is 3.50. The van der Waals surface area contributed by atoms with Crippen molar-refractivity contribution in [2.24, 2.45) is 0 Å². The molecule has 1 aromatic rings. The first-order chi connectivity index (χ1) is 9.13. The van der Waals surface area contributed by atoms with Crippen LogP contribution in [-0.2, 0) is 0 Å². The van der Waals surface area contributed by atoms with Gasteiger partial charge in [-0.1, -0.05) is 6.92 Å². The Morgan fingerprint density at radius 1 is 1.47 bits per heavy atom. The fourth-order valence-electron chi connectivity index (χ4n) is 2.53. The van der Waals surface area contributed by atoms with E-state index in [1.54, 1.807) is 6.07 Å². The molecule has 0 radical (unpaired) electrons. The molecule has 0 amide bonds. The second-order valence-electron chi connectivity index (χ2n) is 4.81. The number of nitrogen functional groups attached to an aromatic ring is 1. The fourth-order valence-corrected chi connectivity index (χ4v) is 3.68. The van der Waals surface area contributed by atoms with Gasteiger partial charge in [-0.2, -0.15) is 11.8 Å². The molecule has 1 aliphatic carbocycles. The van der Waals surface area contributed by atoms with Gasteiger partial charge in [-0.05, 0) is 25.0 Å². The van der Waals surface area contributed by atoms with Crippen LogP contribution in [0, 0.1) is 5.82 Å². The Labute approximate surface area is 118 Å². The van der Waals surface area contributed by atoms with Crippen LogP contribution in [0.3, 0.4) is 0 Å². The standard InChI is InChI=1S/C14H21FN2OS/c1-3-19-10-5-4-9(6-10)17-13-8-14(18-2)12(16)7-11(13)15/h7-10,17H,3-6,16H2,1-2H3. The average molecular weight is 284 g/mol. The summed E-state index contributed by atoms with van der Waals surface area (Å²) in [5, 5.41) is 3.97. The maximum atomic E-state index is 13.9. The molecule has 1 saturated carbocycles. The third-order valence-corrected chi connectivity index (χ3v) is 4.70. The maximum absolute atomic E-state index is 13.9. The van der Waals surface area contributed by atoms with Crippen molar-refractivity contribution in [2.75, 3.05) is 23.9 Å². The van der Waals surface area contributed by atoms with E-state index in [0.717, 1.165) is 18.6 Å². The minimum absolute atomic E-state index is 0.315. The summed E-state index contributed by atoms with van der Waals surface area (Å²) in [5.41, 5.74) is 6.49. The zero-order valence-corrected chi connectivity index (χ0v) is 12.2. The van der Waals surface area contributed by atoms with E-state index >= 15 is 0 Å². The van der Waals surface area contributed by atoms with Crippen molar-refractivity contribution in [1.29, 1.82) is 0 Å². The number of nitrogens with one attached hydrogen (secondary N) is 1. The van der Waals surface area contributed by atoms with E-state index in [0.29, 0.717) is 28.4 Å². The van der Waals surface area contributed by atoms with E-state index in [2.05, 4.69) is 12.2 Å². The molecular formula is C14H21FN2OS. The molecule has 106 valence electrons. The van der Waals surface area contributed by atoms with E-state index < -0.39 is 0 Å². The number of hydrogen-bond donors (Lipinski definition) is 2. The summed E-state index contributed by atoms with van der Waals surface area (Å²) in [6, 6.07) is 3.30. The van der Waals surface area contributed by atoms with Gasteiger partial charge in [0, 0.05) is 23.4 Å². The Morgan fingerprint density at radius 3 is 2.95 bits per heavy atom. The Bertz CT molecular complexity index is 442. The molecule has 0 aliphatic heterocycles. The van der Waals surface area contributed by atoms with Crippen molar-refractivity contribution in [1.82, 2.24) is 0 Å². The number of rotatable bonds is 5. The quantitative estimate of drug-likeness (QED) is 0.812. The number of nitrogens with two attached hydrogens (primary N) is 1. The topological polar surface area (TPSA) is 47.3 Å². The van der Waals surface area contributed by atoms with Gasteiger partial charge >= 0.3 is 0 Å². The molecule has 1 aromatic carbocycles. The summed E-state index contributed by atoms with van der Waals surface area (Å²) >= 11 is 1.99. The molecule has 3 nitrogen and oxygen atoms in total. The van der Waals surface area contributed by atoms with Crippen LogP contribution in [0.2, 0.25) is 0 Å². The molecule has 2 atom stereocenters. The highest BCUT2D eigenvalue weighted by Crippen LogP contribution is 2.34. The Kier molecular flexibility index (Phi) is 4.80. The minimum atomic E-state index is -0.315. The highest BCUT2D eigenvalue weighted by molar-refractivity contribution is 7.99. The van der Waals surface area contributed by atoms with Crippen LogP contribution in [0.15, 0.2) is 12.1 Å². The van der Waals surface area contributed by atoms with E-state index in [-0.39, 0.29) is 5.82 Å². The van der Waals surface area contributed by atoms with Crippen LogP contribution in [-0.4, -0.2) is 24.2 Å². The van der Waals surface area contributed by atoms with Crippen molar-refractivity contribution in [3.63, 3.8) is 0 Å². The summed E-state index contributed by atoms with van der Waals surface area (Å²) in [5.74, 6) is 1.34. The molecule has 0 heterocycles. The number of benzene rings is 1. The largest absolute Gasteiger partial charge is 0.495 e. The van der Waals surface area contributed by atoms with Gasteiger partial charge < -0.3 is 15.8 Å². The van der Waals surface area contributed by atoms with Crippen LogP contribution in [0.25, 0.3) is 0 Å². The van der Waals surface area contributed by atoms with Crippen molar-refractivity contribution >= 4 is 23.1 Å². The van der Waals surface area contributed by atoms with Crippen molar-refractivity contribution < 1.29 is 9.13 Å². The first-order valence-corrected chi connectivity index (χ1v) is 7.70. The van der Waals surface area contributed by atoms with Crippen molar-refractivity contribution in [3.05, 3.63) is 17.9 Å². The highest BCUT2D eigenvalue weighted by Gasteiger charge is 2.25. The van der Waals surface area contributed by atoms with Gasteiger partial charge in [0.05, 0.1) is 18.5 Å². The van der Waals surface area contributed by atoms with Crippen molar-refractivity contribution in [2.45, 2.75) is 37.5 Å². The number of hydrogen-bond acceptors (Lipinski definition) is 4. The lowest BCUT2D eigenvalue weighted by molar-refractivity contribution is 0.416. The predicted molar refractivity (Wildman–Crippen MR) is 80.5 cm³/mol. The smallest absolute Gasteiger partial charge is 0.148 e. The Balaban J connectivity index is 2.03. The van der Waals surface area contributed by atoms with Gasteiger partial charge in [0.25, 0.3) is 0 Å². The van der Waals surface area contributed by atoms with Gasteiger partial charge in [0.2, 0.25) is 0 Å². The summed E-state index contributed by atoms with van der Waals surface area (Å²) in [6.45, 7) is 2.18. The number of thioether (sulfide) groups is 1. The number of methoxy groups -OCH3 is 1. The van der Waals surface area contributed by atoms with Crippen LogP contribution in [0.5, 0.6) is 5.75 Å². The van der Waals surface area contributed by atoms with Gasteiger partial charge in [0.15, 0.2) is 0 Å². The third-order valence-electron chi connectivity index (χ3n) is 3.47. The number of ether oxygens (including phenoxy) is 1. The molecule has 2 unspecified atom stereocenters. The molecule has 0 bridgehead atoms. The average Bonchev–Trinajstić information content (AvgIpc) is 2.81. The number of halogens is 1. The lowest BCUT2D eigenvalue weighted by Gasteiger charge is -2.16. The van der Waals surface area contributed by atoms with Crippen LogP contribution >= 0.6 is 11.8 Å². The lowest BCUT2D eigenvalue weighted by Crippen LogP contribution is -2.17.